The highest BCUT2D eigenvalue weighted by Crippen LogP contribution is 2.36. The number of nitrogens with one attached hydrogen (secondary N) is 1. The fourth-order valence-electron chi connectivity index (χ4n) is 4.28. The van der Waals surface area contributed by atoms with Crippen LogP contribution in [-0.4, -0.2) is 31.3 Å². The Bertz CT molecular complexity index is 1280. The third-order valence-corrected chi connectivity index (χ3v) is 7.87. The molecule has 1 aliphatic rings. The summed E-state index contributed by atoms with van der Waals surface area (Å²) in [6.45, 7) is 4.47. The minimum Gasteiger partial charge on any atom is -0.491 e. The number of ether oxygens (including phenoxy) is 1. The van der Waals surface area contributed by atoms with Gasteiger partial charge in [-0.25, -0.2) is 12.8 Å². The Morgan fingerprint density at radius 1 is 1.06 bits per heavy atom. The minimum atomic E-state index is -3.93. The van der Waals surface area contributed by atoms with Crippen LogP contribution in [0.5, 0.6) is 5.75 Å². The first-order chi connectivity index (χ1) is 16.7. The van der Waals surface area contributed by atoms with Crippen LogP contribution >= 0.6 is 0 Å². The molecule has 0 radical (unpaired) electrons. The summed E-state index contributed by atoms with van der Waals surface area (Å²) in [5.41, 5.74) is 2.75. The zero-order valence-corrected chi connectivity index (χ0v) is 20.6. The summed E-state index contributed by atoms with van der Waals surface area (Å²) in [6, 6.07) is 19.2. The van der Waals surface area contributed by atoms with Crippen molar-refractivity contribution in [2.45, 2.75) is 50.3 Å². The van der Waals surface area contributed by atoms with E-state index in [9.17, 15) is 17.6 Å². The van der Waals surface area contributed by atoms with Gasteiger partial charge in [0.25, 0.3) is 0 Å². The van der Waals surface area contributed by atoms with Gasteiger partial charge >= 0.3 is 0 Å². The van der Waals surface area contributed by atoms with Gasteiger partial charge in [0.15, 0.2) is 0 Å². The van der Waals surface area contributed by atoms with E-state index in [-0.39, 0.29) is 29.9 Å². The maximum Gasteiger partial charge on any atom is 0.243 e. The predicted octanol–water partition coefficient (Wildman–Crippen LogP) is 4.61. The van der Waals surface area contributed by atoms with Crippen LogP contribution in [0.15, 0.2) is 77.7 Å². The Kier molecular flexibility index (Phi) is 7.52. The van der Waals surface area contributed by atoms with Crippen LogP contribution in [0.25, 0.3) is 0 Å². The van der Waals surface area contributed by atoms with Crippen molar-refractivity contribution in [1.29, 1.82) is 0 Å². The van der Waals surface area contributed by atoms with Gasteiger partial charge in [-0.1, -0.05) is 36.4 Å². The van der Waals surface area contributed by atoms with Crippen LogP contribution in [0.2, 0.25) is 0 Å². The molecule has 4 rings (SSSR count). The number of rotatable bonds is 8. The van der Waals surface area contributed by atoms with Gasteiger partial charge in [0.05, 0.1) is 17.0 Å². The van der Waals surface area contributed by atoms with Crippen molar-refractivity contribution in [2.24, 2.45) is 0 Å². The Hall–Kier alpha value is -3.23. The molecule has 35 heavy (non-hydrogen) atoms. The molecule has 0 fully saturated rings. The summed E-state index contributed by atoms with van der Waals surface area (Å²) < 4.78 is 47.3. The molecule has 1 unspecified atom stereocenters. The topological polar surface area (TPSA) is 75.7 Å². The molecule has 1 amide bonds. The van der Waals surface area contributed by atoms with E-state index in [0.717, 1.165) is 34.6 Å². The molecule has 1 aliphatic heterocycles. The monoisotopic (exact) mass is 496 g/mol. The molecule has 1 atom stereocenters. The molecular formula is C27H29FN2O4S. The van der Waals surface area contributed by atoms with E-state index in [0.29, 0.717) is 13.0 Å². The van der Waals surface area contributed by atoms with Gasteiger partial charge in [0.1, 0.15) is 11.6 Å². The van der Waals surface area contributed by atoms with E-state index in [4.69, 9.17) is 4.74 Å². The summed E-state index contributed by atoms with van der Waals surface area (Å²) in [5.74, 6) is -0.00304. The number of hydrogen-bond acceptors (Lipinski definition) is 4. The van der Waals surface area contributed by atoms with Crippen LogP contribution < -0.4 is 10.1 Å². The Morgan fingerprint density at radius 3 is 2.43 bits per heavy atom. The van der Waals surface area contributed by atoms with E-state index in [1.165, 1.54) is 16.4 Å². The third-order valence-electron chi connectivity index (χ3n) is 5.95. The molecule has 0 aliphatic carbocycles. The number of sulfonamides is 1. The summed E-state index contributed by atoms with van der Waals surface area (Å²) in [4.78, 5) is 13.0. The number of nitrogens with zero attached hydrogens (tertiary/aromatic N) is 1. The van der Waals surface area contributed by atoms with Crippen LogP contribution in [0, 0.1) is 5.82 Å². The van der Waals surface area contributed by atoms with Gasteiger partial charge in [-0.15, -0.1) is 0 Å². The van der Waals surface area contributed by atoms with Crippen molar-refractivity contribution in [3.05, 3.63) is 95.3 Å². The van der Waals surface area contributed by atoms with E-state index >= 15 is 0 Å². The molecule has 6 nitrogen and oxygen atoms in total. The van der Waals surface area contributed by atoms with E-state index in [1.807, 2.05) is 62.4 Å². The molecule has 3 aromatic rings. The second-order valence-electron chi connectivity index (χ2n) is 8.83. The maximum atomic E-state index is 13.4. The number of carbonyl (C=O) groups is 1. The lowest BCUT2D eigenvalue weighted by Crippen LogP contribution is -2.42. The molecule has 1 N–H and O–H groups in total. The van der Waals surface area contributed by atoms with Gasteiger partial charge in [0.2, 0.25) is 15.9 Å². The first-order valence-corrected chi connectivity index (χ1v) is 13.1. The second kappa shape index (κ2) is 10.6. The maximum absolute atomic E-state index is 13.4. The molecular weight excluding hydrogens is 467 g/mol. The summed E-state index contributed by atoms with van der Waals surface area (Å²) in [6.07, 6.45) is 0.596. The quantitative estimate of drug-likeness (QED) is 0.494. The molecule has 0 spiro atoms. The molecule has 0 saturated carbocycles. The van der Waals surface area contributed by atoms with Crippen molar-refractivity contribution in [3.8, 4) is 5.75 Å². The van der Waals surface area contributed by atoms with Crippen molar-refractivity contribution >= 4 is 15.9 Å². The van der Waals surface area contributed by atoms with Gasteiger partial charge in [-0.2, -0.15) is 4.31 Å². The fraction of sp³-hybridized carbons (Fsp3) is 0.296. The number of hydrogen-bond donors (Lipinski definition) is 1. The molecule has 0 saturated heterocycles. The Balaban J connectivity index is 1.51. The SMILES string of the molecule is CC(C)Oc1ccc(CNC(=O)CC2c3ccccc3CCN2S(=O)(=O)c2ccc(F)cc2)cc1. The highest BCUT2D eigenvalue weighted by Gasteiger charge is 2.37. The molecule has 3 aromatic carbocycles. The Labute approximate surface area is 205 Å². The smallest absolute Gasteiger partial charge is 0.243 e. The number of benzene rings is 3. The Morgan fingerprint density at radius 2 is 1.74 bits per heavy atom. The van der Waals surface area contributed by atoms with Gasteiger partial charge < -0.3 is 10.1 Å². The number of amides is 1. The summed E-state index contributed by atoms with van der Waals surface area (Å²) in [5, 5.41) is 2.91. The minimum absolute atomic E-state index is 0.00685. The summed E-state index contributed by atoms with van der Waals surface area (Å²) >= 11 is 0. The standard InChI is InChI=1S/C27H29FN2O4S/c1-19(2)34-23-11-7-20(8-12-23)18-29-27(31)17-26-25-6-4-3-5-21(25)15-16-30(26)35(32,33)24-13-9-22(28)10-14-24/h3-14,19,26H,15-18H2,1-2H3,(H,29,31). The number of fused-ring (bicyclic) bond motifs is 1. The van der Waals surface area contributed by atoms with Gasteiger partial charge in [-0.3, -0.25) is 4.79 Å². The molecule has 0 aromatic heterocycles. The molecule has 184 valence electrons. The van der Waals surface area contributed by atoms with Gasteiger partial charge in [-0.05, 0) is 73.4 Å². The van der Waals surface area contributed by atoms with Crippen LogP contribution in [-0.2, 0) is 27.8 Å². The van der Waals surface area contributed by atoms with Crippen molar-refractivity contribution in [2.75, 3.05) is 6.54 Å². The number of carbonyl (C=O) groups excluding carboxylic acids is 1. The highest BCUT2D eigenvalue weighted by atomic mass is 32.2. The lowest BCUT2D eigenvalue weighted by Gasteiger charge is -2.36. The average molecular weight is 497 g/mol. The van der Waals surface area contributed by atoms with Crippen LogP contribution in [0.1, 0.15) is 43.0 Å². The molecule has 8 heteroatoms. The van der Waals surface area contributed by atoms with E-state index in [1.54, 1.807) is 0 Å². The highest BCUT2D eigenvalue weighted by molar-refractivity contribution is 7.89. The first-order valence-electron chi connectivity index (χ1n) is 11.6. The van der Waals surface area contributed by atoms with E-state index < -0.39 is 21.9 Å². The average Bonchev–Trinajstić information content (AvgIpc) is 2.83. The molecule has 1 heterocycles. The normalized spacial score (nSPS) is 16.1. The number of halogens is 1. The van der Waals surface area contributed by atoms with Crippen molar-refractivity contribution < 1.29 is 22.3 Å². The lowest BCUT2D eigenvalue weighted by molar-refractivity contribution is -0.122. The molecule has 0 bridgehead atoms. The zero-order chi connectivity index (χ0) is 25.0. The van der Waals surface area contributed by atoms with Gasteiger partial charge in [0, 0.05) is 19.5 Å². The lowest BCUT2D eigenvalue weighted by atomic mass is 9.92. The van der Waals surface area contributed by atoms with Crippen LogP contribution in [0.4, 0.5) is 4.39 Å². The zero-order valence-electron chi connectivity index (χ0n) is 19.8. The predicted molar refractivity (Wildman–Crippen MR) is 132 cm³/mol. The first kappa shape index (κ1) is 24.9. The third kappa shape index (κ3) is 5.89. The van der Waals surface area contributed by atoms with E-state index in [2.05, 4.69) is 5.32 Å². The fourth-order valence-corrected chi connectivity index (χ4v) is 5.88. The van der Waals surface area contributed by atoms with Crippen molar-refractivity contribution in [3.63, 3.8) is 0 Å². The second-order valence-corrected chi connectivity index (χ2v) is 10.7. The van der Waals surface area contributed by atoms with Crippen molar-refractivity contribution in [1.82, 2.24) is 9.62 Å². The van der Waals surface area contributed by atoms with Crippen LogP contribution in [0.3, 0.4) is 0 Å². The summed E-state index contributed by atoms with van der Waals surface area (Å²) in [7, 11) is -3.93. The largest absolute Gasteiger partial charge is 0.491 e.